The second-order valence-corrected chi connectivity index (χ2v) is 7.15. The van der Waals surface area contributed by atoms with E-state index in [1.165, 1.54) is 11.3 Å². The monoisotopic (exact) mass is 330 g/mol. The maximum Gasteiger partial charge on any atom is 0.266 e. The molecule has 0 N–H and O–H groups in total. The van der Waals surface area contributed by atoms with Crippen LogP contribution in [0.4, 0.5) is 0 Å². The number of rotatable bonds is 3. The summed E-state index contributed by atoms with van der Waals surface area (Å²) in [5.41, 5.74) is 3.66. The average Bonchev–Trinajstić information content (AvgIpc) is 3.00. The molecule has 23 heavy (non-hydrogen) atoms. The van der Waals surface area contributed by atoms with Crippen molar-refractivity contribution in [3.63, 3.8) is 0 Å². The number of nitrogens with zero attached hydrogens (tertiary/aromatic N) is 2. The fourth-order valence-corrected chi connectivity index (χ4v) is 3.59. The second kappa shape index (κ2) is 6.81. The number of hydrogen-bond acceptors (Lipinski definition) is 4. The molecule has 122 valence electrons. The van der Waals surface area contributed by atoms with Gasteiger partial charge in [-0.3, -0.25) is 4.79 Å². The summed E-state index contributed by atoms with van der Waals surface area (Å²) in [7, 11) is 0. The van der Waals surface area contributed by atoms with Crippen molar-refractivity contribution < 1.29 is 9.53 Å². The number of amides is 1. The van der Waals surface area contributed by atoms with Crippen molar-refractivity contribution in [1.29, 1.82) is 0 Å². The molecule has 1 aromatic carbocycles. The topological polar surface area (TPSA) is 42.4 Å². The Hall–Kier alpha value is -1.72. The highest BCUT2D eigenvalue weighted by Gasteiger charge is 2.34. The lowest BCUT2D eigenvalue weighted by Gasteiger charge is -2.40. The number of morpholine rings is 1. The molecule has 1 amide bonds. The van der Waals surface area contributed by atoms with E-state index >= 15 is 0 Å². The molecule has 0 aliphatic carbocycles. The van der Waals surface area contributed by atoms with Crippen molar-refractivity contribution in [2.24, 2.45) is 5.92 Å². The summed E-state index contributed by atoms with van der Waals surface area (Å²) in [6, 6.07) is 10.1. The zero-order valence-corrected chi connectivity index (χ0v) is 14.5. The molecule has 1 aliphatic heterocycles. The van der Waals surface area contributed by atoms with Crippen molar-refractivity contribution >= 4 is 17.2 Å². The molecule has 0 saturated carbocycles. The molecule has 0 radical (unpaired) electrons. The van der Waals surface area contributed by atoms with Crippen LogP contribution in [0.5, 0.6) is 0 Å². The molecule has 5 heteroatoms. The molecule has 3 rings (SSSR count). The van der Waals surface area contributed by atoms with Gasteiger partial charge in [-0.25, -0.2) is 4.98 Å². The Kier molecular flexibility index (Phi) is 4.78. The van der Waals surface area contributed by atoms with Crippen LogP contribution in [0.15, 0.2) is 35.8 Å². The van der Waals surface area contributed by atoms with Gasteiger partial charge in [0.1, 0.15) is 11.0 Å². The molecule has 2 heterocycles. The molecule has 1 fully saturated rings. The Balaban J connectivity index is 1.85. The number of benzene rings is 1. The SMILES string of the molecule is Cc1ncsc1C(=O)N1C[C@@H](c2ccccc2)O[C@@H](C(C)C)C1. The van der Waals surface area contributed by atoms with Gasteiger partial charge in [0, 0.05) is 6.54 Å². The van der Waals surface area contributed by atoms with E-state index < -0.39 is 0 Å². The molecule has 4 nitrogen and oxygen atoms in total. The first kappa shape index (κ1) is 16.1. The summed E-state index contributed by atoms with van der Waals surface area (Å²) in [6.07, 6.45) is -0.0272. The van der Waals surface area contributed by atoms with Gasteiger partial charge in [-0.15, -0.1) is 11.3 Å². The van der Waals surface area contributed by atoms with E-state index in [-0.39, 0.29) is 18.1 Å². The van der Waals surface area contributed by atoms with E-state index in [0.717, 1.165) is 16.1 Å². The average molecular weight is 330 g/mol. The van der Waals surface area contributed by atoms with Crippen molar-refractivity contribution in [2.45, 2.75) is 33.0 Å². The lowest BCUT2D eigenvalue weighted by molar-refractivity contribution is -0.0954. The number of carbonyl (C=O) groups is 1. The number of carbonyl (C=O) groups excluding carboxylic acids is 1. The Bertz CT molecular complexity index is 669. The molecule has 2 aromatic rings. The summed E-state index contributed by atoms with van der Waals surface area (Å²) in [5, 5.41) is 0. The molecule has 2 atom stereocenters. The number of ether oxygens (including phenoxy) is 1. The largest absolute Gasteiger partial charge is 0.366 e. The van der Waals surface area contributed by atoms with Crippen molar-refractivity contribution in [1.82, 2.24) is 9.88 Å². The van der Waals surface area contributed by atoms with Gasteiger partial charge in [0.15, 0.2) is 0 Å². The van der Waals surface area contributed by atoms with Gasteiger partial charge in [-0.05, 0) is 18.4 Å². The van der Waals surface area contributed by atoms with Crippen LogP contribution in [-0.4, -0.2) is 35.0 Å². The molecule has 1 aromatic heterocycles. The van der Waals surface area contributed by atoms with Crippen LogP contribution < -0.4 is 0 Å². The summed E-state index contributed by atoms with van der Waals surface area (Å²) in [6.45, 7) is 7.39. The molecular weight excluding hydrogens is 308 g/mol. The Labute approximate surface area is 141 Å². The van der Waals surface area contributed by atoms with Gasteiger partial charge >= 0.3 is 0 Å². The van der Waals surface area contributed by atoms with Crippen LogP contribution in [0, 0.1) is 12.8 Å². The fraction of sp³-hybridized carbons (Fsp3) is 0.444. The van der Waals surface area contributed by atoms with Crippen LogP contribution in [-0.2, 0) is 4.74 Å². The predicted octanol–water partition coefficient (Wildman–Crippen LogP) is 3.69. The minimum absolute atomic E-state index is 0.0473. The lowest BCUT2D eigenvalue weighted by Crippen LogP contribution is -2.48. The quantitative estimate of drug-likeness (QED) is 0.862. The summed E-state index contributed by atoms with van der Waals surface area (Å²) >= 11 is 1.41. The Morgan fingerprint density at radius 3 is 2.65 bits per heavy atom. The third-order valence-corrected chi connectivity index (χ3v) is 5.18. The van der Waals surface area contributed by atoms with Crippen LogP contribution in [0.1, 0.15) is 40.9 Å². The Morgan fingerprint density at radius 1 is 1.30 bits per heavy atom. The van der Waals surface area contributed by atoms with E-state index in [9.17, 15) is 4.79 Å². The maximum atomic E-state index is 12.9. The fourth-order valence-electron chi connectivity index (χ4n) is 2.83. The summed E-state index contributed by atoms with van der Waals surface area (Å²) < 4.78 is 6.26. The normalized spacial score (nSPS) is 21.7. The number of aryl methyl sites for hydroxylation is 1. The van der Waals surface area contributed by atoms with Gasteiger partial charge in [-0.1, -0.05) is 44.2 Å². The smallest absolute Gasteiger partial charge is 0.266 e. The van der Waals surface area contributed by atoms with Gasteiger partial charge in [-0.2, -0.15) is 0 Å². The van der Waals surface area contributed by atoms with Gasteiger partial charge in [0.05, 0.1) is 23.9 Å². The lowest BCUT2D eigenvalue weighted by atomic mass is 10.0. The third kappa shape index (κ3) is 3.46. The van der Waals surface area contributed by atoms with E-state index in [0.29, 0.717) is 19.0 Å². The van der Waals surface area contributed by atoms with E-state index in [4.69, 9.17) is 4.74 Å². The highest BCUT2D eigenvalue weighted by molar-refractivity contribution is 7.11. The molecule has 0 unspecified atom stereocenters. The zero-order chi connectivity index (χ0) is 16.4. The van der Waals surface area contributed by atoms with Crippen molar-refractivity contribution in [2.75, 3.05) is 13.1 Å². The number of thiazole rings is 1. The highest BCUT2D eigenvalue weighted by atomic mass is 32.1. The summed E-state index contributed by atoms with van der Waals surface area (Å²) in [4.78, 5) is 19.7. The third-order valence-electron chi connectivity index (χ3n) is 4.27. The predicted molar refractivity (Wildman–Crippen MR) is 91.6 cm³/mol. The van der Waals surface area contributed by atoms with Gasteiger partial charge in [0.25, 0.3) is 5.91 Å². The van der Waals surface area contributed by atoms with Crippen LogP contribution in [0.25, 0.3) is 0 Å². The molecular formula is C18H22N2O2S. The maximum absolute atomic E-state index is 12.9. The molecule has 0 spiro atoms. The van der Waals surface area contributed by atoms with E-state index in [1.807, 2.05) is 30.0 Å². The number of aromatic nitrogens is 1. The van der Waals surface area contributed by atoms with Crippen molar-refractivity contribution in [3.05, 3.63) is 52.0 Å². The second-order valence-electron chi connectivity index (χ2n) is 6.29. The van der Waals surface area contributed by atoms with E-state index in [2.05, 4.69) is 31.0 Å². The minimum atomic E-state index is -0.0745. The first-order chi connectivity index (χ1) is 11.1. The minimum Gasteiger partial charge on any atom is -0.366 e. The van der Waals surface area contributed by atoms with Gasteiger partial charge < -0.3 is 9.64 Å². The zero-order valence-electron chi connectivity index (χ0n) is 13.7. The first-order valence-electron chi connectivity index (χ1n) is 7.96. The van der Waals surface area contributed by atoms with E-state index in [1.54, 1.807) is 5.51 Å². The van der Waals surface area contributed by atoms with Crippen LogP contribution in [0.3, 0.4) is 0 Å². The van der Waals surface area contributed by atoms with Gasteiger partial charge in [0.2, 0.25) is 0 Å². The standard InChI is InChI=1S/C18H22N2O2S/c1-12(2)15-9-20(18(21)17-13(3)19-11-23-17)10-16(22-15)14-7-5-4-6-8-14/h4-8,11-12,15-16H,9-10H2,1-3H3/t15-,16+/m1/s1. The molecule has 1 aliphatic rings. The van der Waals surface area contributed by atoms with Crippen molar-refractivity contribution in [3.8, 4) is 0 Å². The Morgan fingerprint density at radius 2 is 2.04 bits per heavy atom. The first-order valence-corrected chi connectivity index (χ1v) is 8.84. The molecule has 0 bridgehead atoms. The highest BCUT2D eigenvalue weighted by Crippen LogP contribution is 2.29. The summed E-state index contributed by atoms with van der Waals surface area (Å²) in [5.74, 6) is 0.430. The molecule has 1 saturated heterocycles. The van der Waals surface area contributed by atoms with Crippen LogP contribution in [0.2, 0.25) is 0 Å². The number of hydrogen-bond donors (Lipinski definition) is 0. The van der Waals surface area contributed by atoms with Crippen LogP contribution >= 0.6 is 11.3 Å².